The second-order valence-electron chi connectivity index (χ2n) is 10.2. The van der Waals surface area contributed by atoms with Gasteiger partial charge in [-0.25, -0.2) is 10.3 Å². The number of carbonyl (C=O) groups excluding carboxylic acids is 2. The van der Waals surface area contributed by atoms with Crippen molar-refractivity contribution in [3.63, 3.8) is 0 Å². The first-order valence-electron chi connectivity index (χ1n) is 12.4. The Balaban J connectivity index is 2.11. The van der Waals surface area contributed by atoms with Crippen LogP contribution in [-0.4, -0.2) is 36.3 Å². The molecule has 1 N–H and O–H groups in total. The lowest BCUT2D eigenvalue weighted by Gasteiger charge is -2.19. The smallest absolute Gasteiger partial charge is 0.419 e. The number of allylic oxidation sites excluding steroid dienone is 1. The molecule has 38 heavy (non-hydrogen) atoms. The summed E-state index contributed by atoms with van der Waals surface area (Å²) in [5.74, 6) is -0.697. The average Bonchev–Trinajstić information content (AvgIpc) is 3.11. The minimum absolute atomic E-state index is 0.253. The number of rotatable bonds is 9. The number of amides is 1. The summed E-state index contributed by atoms with van der Waals surface area (Å²) in [7, 11) is 4.53. The SMILES string of the molecule is CONC(=O)c1cc(/C(=C\CCCC(=O)OC(C)(C)C)c2cc(C)c3oc(=O)n(C)c3c2)cc(C)c1OC. The van der Waals surface area contributed by atoms with Crippen LogP contribution in [0.4, 0.5) is 0 Å². The van der Waals surface area contributed by atoms with Gasteiger partial charge in [0, 0.05) is 13.5 Å². The molecule has 0 unspecified atom stereocenters. The standard InChI is InChI=1S/C29H36N2O7/c1-17-13-19(15-22(25(17)35-7)27(33)30-36-8)21(11-9-10-12-24(32)38-29(3,4)5)20-14-18(2)26-23(16-20)31(6)28(34)37-26/h11,13-16H,9-10,12H2,1-8H3,(H,30,33)/b21-11+. The minimum Gasteiger partial charge on any atom is -0.496 e. The fourth-order valence-corrected chi connectivity index (χ4v) is 4.35. The van der Waals surface area contributed by atoms with Gasteiger partial charge in [0.05, 0.1) is 25.3 Å². The van der Waals surface area contributed by atoms with Gasteiger partial charge in [-0.3, -0.25) is 19.0 Å². The highest BCUT2D eigenvalue weighted by molar-refractivity contribution is 5.98. The number of aryl methyl sites for hydroxylation is 3. The molecule has 0 saturated heterocycles. The monoisotopic (exact) mass is 524 g/mol. The molecule has 0 fully saturated rings. The lowest BCUT2D eigenvalue weighted by Crippen LogP contribution is -2.23. The molecule has 0 spiro atoms. The number of carbonyl (C=O) groups is 2. The van der Waals surface area contributed by atoms with Gasteiger partial charge < -0.3 is 13.9 Å². The average molecular weight is 525 g/mol. The molecule has 0 aliphatic carbocycles. The topological polar surface area (TPSA) is 109 Å². The number of ether oxygens (including phenoxy) is 2. The van der Waals surface area contributed by atoms with E-state index < -0.39 is 17.3 Å². The molecule has 1 heterocycles. The predicted molar refractivity (Wildman–Crippen MR) is 145 cm³/mol. The number of esters is 1. The molecule has 9 nitrogen and oxygen atoms in total. The van der Waals surface area contributed by atoms with Crippen molar-refractivity contribution in [2.45, 2.75) is 59.5 Å². The quantitative estimate of drug-likeness (QED) is 0.239. The number of benzene rings is 2. The predicted octanol–water partition coefficient (Wildman–Crippen LogP) is 4.99. The van der Waals surface area contributed by atoms with Crippen molar-refractivity contribution in [1.82, 2.24) is 10.0 Å². The molecule has 3 aromatic rings. The largest absolute Gasteiger partial charge is 0.496 e. The Morgan fingerprint density at radius 3 is 2.34 bits per heavy atom. The van der Waals surface area contributed by atoms with Gasteiger partial charge in [0.25, 0.3) is 5.91 Å². The van der Waals surface area contributed by atoms with Crippen LogP contribution in [0.25, 0.3) is 16.7 Å². The highest BCUT2D eigenvalue weighted by Crippen LogP contribution is 2.34. The van der Waals surface area contributed by atoms with E-state index in [-0.39, 0.29) is 12.4 Å². The third-order valence-electron chi connectivity index (χ3n) is 5.97. The van der Waals surface area contributed by atoms with Crippen molar-refractivity contribution < 1.29 is 28.3 Å². The van der Waals surface area contributed by atoms with E-state index in [4.69, 9.17) is 18.7 Å². The third kappa shape index (κ3) is 6.52. The fourth-order valence-electron chi connectivity index (χ4n) is 4.35. The van der Waals surface area contributed by atoms with Gasteiger partial charge in [-0.2, -0.15) is 0 Å². The van der Waals surface area contributed by atoms with Crippen LogP contribution in [-0.2, 0) is 21.4 Å². The molecule has 204 valence electrons. The zero-order valence-corrected chi connectivity index (χ0v) is 23.3. The second-order valence-corrected chi connectivity index (χ2v) is 10.2. The van der Waals surface area contributed by atoms with Gasteiger partial charge in [0.15, 0.2) is 5.58 Å². The Hall–Kier alpha value is -3.85. The Kier molecular flexibility index (Phi) is 8.83. The Bertz CT molecular complexity index is 1440. The number of nitrogens with one attached hydrogen (secondary N) is 1. The molecule has 2 aromatic carbocycles. The Morgan fingerprint density at radius 2 is 1.71 bits per heavy atom. The molecule has 9 heteroatoms. The molecule has 0 radical (unpaired) electrons. The van der Waals surface area contributed by atoms with Gasteiger partial charge >= 0.3 is 11.7 Å². The van der Waals surface area contributed by atoms with Crippen molar-refractivity contribution in [3.05, 3.63) is 68.7 Å². The maximum atomic E-state index is 12.8. The van der Waals surface area contributed by atoms with Crippen LogP contribution in [0.5, 0.6) is 5.75 Å². The molecule has 0 bridgehead atoms. The van der Waals surface area contributed by atoms with Crippen LogP contribution in [0.3, 0.4) is 0 Å². The summed E-state index contributed by atoms with van der Waals surface area (Å²) in [6.45, 7) is 9.27. The summed E-state index contributed by atoms with van der Waals surface area (Å²) in [6.07, 6.45) is 3.47. The lowest BCUT2D eigenvalue weighted by atomic mass is 9.91. The summed E-state index contributed by atoms with van der Waals surface area (Å²) in [5.41, 5.74) is 7.34. The van der Waals surface area contributed by atoms with Crippen LogP contribution >= 0.6 is 0 Å². The van der Waals surface area contributed by atoms with Gasteiger partial charge in [0.1, 0.15) is 11.4 Å². The van der Waals surface area contributed by atoms with E-state index >= 15 is 0 Å². The lowest BCUT2D eigenvalue weighted by molar-refractivity contribution is -0.154. The van der Waals surface area contributed by atoms with Crippen LogP contribution in [0.2, 0.25) is 0 Å². The Labute approximate surface area is 222 Å². The van der Waals surface area contributed by atoms with E-state index in [1.807, 2.05) is 58.9 Å². The zero-order chi connectivity index (χ0) is 28.2. The highest BCUT2D eigenvalue weighted by atomic mass is 16.6. The van der Waals surface area contributed by atoms with Gasteiger partial charge in [-0.05, 0) is 99.6 Å². The van der Waals surface area contributed by atoms with E-state index in [0.29, 0.717) is 35.3 Å². The normalized spacial score (nSPS) is 12.1. The summed E-state index contributed by atoms with van der Waals surface area (Å²) in [4.78, 5) is 42.0. The molecule has 0 saturated carbocycles. The molecule has 0 aliphatic heterocycles. The number of hydrogen-bond donors (Lipinski definition) is 1. The number of unbranched alkanes of at least 4 members (excludes halogenated alkanes) is 1. The van der Waals surface area contributed by atoms with Crippen LogP contribution in [0, 0.1) is 13.8 Å². The van der Waals surface area contributed by atoms with Crippen molar-refractivity contribution in [2.24, 2.45) is 7.05 Å². The number of fused-ring (bicyclic) bond motifs is 1. The summed E-state index contributed by atoms with van der Waals surface area (Å²) in [6, 6.07) is 7.52. The third-order valence-corrected chi connectivity index (χ3v) is 5.97. The van der Waals surface area contributed by atoms with Crippen LogP contribution in [0.1, 0.15) is 72.6 Å². The molecular formula is C29H36N2O7. The van der Waals surface area contributed by atoms with E-state index in [9.17, 15) is 14.4 Å². The molecule has 0 atom stereocenters. The van der Waals surface area contributed by atoms with Gasteiger partial charge in [-0.15, -0.1) is 0 Å². The Morgan fingerprint density at radius 1 is 1.05 bits per heavy atom. The van der Waals surface area contributed by atoms with E-state index in [0.717, 1.165) is 27.8 Å². The van der Waals surface area contributed by atoms with Crippen molar-refractivity contribution in [1.29, 1.82) is 0 Å². The second kappa shape index (κ2) is 11.7. The minimum atomic E-state index is -0.536. The number of nitrogens with zero attached hydrogens (tertiary/aromatic N) is 1. The molecule has 1 amide bonds. The van der Waals surface area contributed by atoms with Gasteiger partial charge in [0.2, 0.25) is 0 Å². The van der Waals surface area contributed by atoms with E-state index in [2.05, 4.69) is 5.48 Å². The van der Waals surface area contributed by atoms with Gasteiger partial charge in [-0.1, -0.05) is 6.08 Å². The number of aromatic nitrogens is 1. The van der Waals surface area contributed by atoms with Crippen molar-refractivity contribution >= 4 is 28.5 Å². The summed E-state index contributed by atoms with van der Waals surface area (Å²) in [5, 5.41) is 0. The highest BCUT2D eigenvalue weighted by Gasteiger charge is 2.20. The first kappa shape index (κ1) is 28.7. The van der Waals surface area contributed by atoms with Crippen molar-refractivity contribution in [2.75, 3.05) is 14.2 Å². The maximum Gasteiger partial charge on any atom is 0.419 e. The van der Waals surface area contributed by atoms with Crippen LogP contribution < -0.4 is 16.0 Å². The zero-order valence-electron chi connectivity index (χ0n) is 23.3. The molecular weight excluding hydrogens is 488 g/mol. The fraction of sp³-hybridized carbons (Fsp3) is 0.414. The number of hydrogen-bond acceptors (Lipinski definition) is 7. The summed E-state index contributed by atoms with van der Waals surface area (Å²) < 4.78 is 17.8. The maximum absolute atomic E-state index is 12.8. The molecule has 1 aromatic heterocycles. The first-order chi connectivity index (χ1) is 17.9. The first-order valence-corrected chi connectivity index (χ1v) is 12.4. The van der Waals surface area contributed by atoms with Crippen LogP contribution in [0.15, 0.2) is 39.6 Å². The van der Waals surface area contributed by atoms with E-state index in [1.165, 1.54) is 18.8 Å². The van der Waals surface area contributed by atoms with E-state index in [1.54, 1.807) is 13.1 Å². The number of methoxy groups -OCH3 is 1. The number of hydroxylamine groups is 1. The molecule has 3 rings (SSSR count). The van der Waals surface area contributed by atoms with Crippen molar-refractivity contribution in [3.8, 4) is 5.75 Å². The molecule has 0 aliphatic rings. The summed E-state index contributed by atoms with van der Waals surface area (Å²) >= 11 is 0. The number of oxazole rings is 1.